The van der Waals surface area contributed by atoms with Gasteiger partial charge in [0, 0.05) is 25.5 Å². The van der Waals surface area contributed by atoms with Gasteiger partial charge in [-0.05, 0) is 37.1 Å². The van der Waals surface area contributed by atoms with Gasteiger partial charge in [-0.15, -0.1) is 0 Å². The minimum absolute atomic E-state index is 0.711. The van der Waals surface area contributed by atoms with Crippen LogP contribution in [0.25, 0.3) is 0 Å². The van der Waals surface area contributed by atoms with E-state index in [0.717, 1.165) is 44.0 Å². The summed E-state index contributed by atoms with van der Waals surface area (Å²) in [6.07, 6.45) is 7.70. The predicted molar refractivity (Wildman–Crippen MR) is 87.3 cm³/mol. The van der Waals surface area contributed by atoms with E-state index >= 15 is 0 Å². The van der Waals surface area contributed by atoms with Gasteiger partial charge >= 0.3 is 0 Å². The molecule has 2 rings (SSSR count). The highest BCUT2D eigenvalue weighted by Crippen LogP contribution is 2.28. The minimum atomic E-state index is 0.711. The molecule has 0 saturated heterocycles. The molecule has 0 aliphatic carbocycles. The Morgan fingerprint density at radius 3 is 2.91 bits per heavy atom. The molecule has 0 bridgehead atoms. The number of aromatic nitrogens is 2. The van der Waals surface area contributed by atoms with Crippen molar-refractivity contribution in [3.63, 3.8) is 0 Å². The van der Waals surface area contributed by atoms with Crippen molar-refractivity contribution < 1.29 is 9.47 Å². The van der Waals surface area contributed by atoms with Crippen molar-refractivity contribution in [2.45, 2.75) is 32.9 Å². The van der Waals surface area contributed by atoms with Crippen LogP contribution in [-0.4, -0.2) is 29.8 Å². The van der Waals surface area contributed by atoms with Crippen LogP contribution < -0.4 is 14.8 Å². The molecule has 5 heteroatoms. The molecule has 5 nitrogen and oxygen atoms in total. The molecule has 0 atom stereocenters. The van der Waals surface area contributed by atoms with Crippen LogP contribution in [0.3, 0.4) is 0 Å². The summed E-state index contributed by atoms with van der Waals surface area (Å²) >= 11 is 0. The lowest BCUT2D eigenvalue weighted by atomic mass is 10.2. The average Bonchev–Trinajstić information content (AvgIpc) is 3.06. The third kappa shape index (κ3) is 5.07. The summed E-state index contributed by atoms with van der Waals surface area (Å²) in [5, 5.41) is 3.45. The van der Waals surface area contributed by atoms with Crippen LogP contribution in [0.4, 0.5) is 0 Å². The highest BCUT2D eigenvalue weighted by atomic mass is 16.5. The lowest BCUT2D eigenvalue weighted by molar-refractivity contribution is 0.294. The van der Waals surface area contributed by atoms with E-state index in [2.05, 4.69) is 27.9 Å². The van der Waals surface area contributed by atoms with Gasteiger partial charge in [-0.25, -0.2) is 4.98 Å². The fourth-order valence-corrected chi connectivity index (χ4v) is 2.19. The maximum Gasteiger partial charge on any atom is 0.161 e. The molecule has 0 spiro atoms. The molecule has 0 aliphatic heterocycles. The normalized spacial score (nSPS) is 10.6. The second-order valence-corrected chi connectivity index (χ2v) is 5.16. The van der Waals surface area contributed by atoms with Crippen molar-refractivity contribution in [1.29, 1.82) is 0 Å². The molecule has 0 amide bonds. The highest BCUT2D eigenvalue weighted by Gasteiger charge is 2.05. The quantitative estimate of drug-likeness (QED) is 0.686. The molecular weight excluding hydrogens is 278 g/mol. The first-order chi connectivity index (χ1) is 10.8. The lowest BCUT2D eigenvalue weighted by Gasteiger charge is -2.12. The molecule has 0 fully saturated rings. The first-order valence-electron chi connectivity index (χ1n) is 7.79. The zero-order chi connectivity index (χ0) is 15.6. The number of hydrogen-bond acceptors (Lipinski definition) is 4. The molecule has 2 aromatic rings. The number of nitrogens with zero attached hydrogens (tertiary/aromatic N) is 2. The molecule has 1 aromatic carbocycles. The zero-order valence-electron chi connectivity index (χ0n) is 13.4. The highest BCUT2D eigenvalue weighted by molar-refractivity contribution is 5.42. The van der Waals surface area contributed by atoms with E-state index in [9.17, 15) is 0 Å². The van der Waals surface area contributed by atoms with E-state index in [1.54, 1.807) is 7.11 Å². The second kappa shape index (κ2) is 9.10. The molecule has 1 N–H and O–H groups in total. The van der Waals surface area contributed by atoms with Crippen LogP contribution in [0, 0.1) is 0 Å². The van der Waals surface area contributed by atoms with Crippen LogP contribution in [0.2, 0.25) is 0 Å². The van der Waals surface area contributed by atoms with Gasteiger partial charge in [0.25, 0.3) is 0 Å². The van der Waals surface area contributed by atoms with Gasteiger partial charge in [-0.1, -0.05) is 13.0 Å². The maximum atomic E-state index is 5.66. The molecule has 1 heterocycles. The standard InChI is InChI=1S/C17H25N3O2/c1-3-11-22-16-6-5-15(12-17(16)21-2)13-18-7-4-9-20-10-8-19-14-20/h5-6,8,10,12,14,18H,3-4,7,9,11,13H2,1-2H3. The maximum absolute atomic E-state index is 5.66. The van der Waals surface area contributed by atoms with E-state index < -0.39 is 0 Å². The number of hydrogen-bond donors (Lipinski definition) is 1. The number of benzene rings is 1. The molecule has 0 aliphatic rings. The second-order valence-electron chi connectivity index (χ2n) is 5.16. The van der Waals surface area contributed by atoms with Crippen LogP contribution in [0.15, 0.2) is 36.9 Å². The largest absolute Gasteiger partial charge is 0.493 e. The average molecular weight is 303 g/mol. The molecule has 120 valence electrons. The number of methoxy groups -OCH3 is 1. The Morgan fingerprint density at radius 2 is 2.18 bits per heavy atom. The van der Waals surface area contributed by atoms with Gasteiger partial charge < -0.3 is 19.4 Å². The van der Waals surface area contributed by atoms with Crippen molar-refractivity contribution in [2.24, 2.45) is 0 Å². The van der Waals surface area contributed by atoms with Gasteiger partial charge in [-0.3, -0.25) is 0 Å². The fraction of sp³-hybridized carbons (Fsp3) is 0.471. The first kappa shape index (κ1) is 16.4. The first-order valence-corrected chi connectivity index (χ1v) is 7.79. The molecule has 22 heavy (non-hydrogen) atoms. The summed E-state index contributed by atoms with van der Waals surface area (Å²) in [5.74, 6) is 1.61. The molecule has 0 saturated carbocycles. The summed E-state index contributed by atoms with van der Waals surface area (Å²) < 4.78 is 13.1. The molecule has 0 unspecified atom stereocenters. The van der Waals surface area contributed by atoms with Gasteiger partial charge in [0.05, 0.1) is 20.0 Å². The van der Waals surface area contributed by atoms with E-state index in [1.165, 1.54) is 5.56 Å². The smallest absolute Gasteiger partial charge is 0.161 e. The van der Waals surface area contributed by atoms with Gasteiger partial charge in [0.15, 0.2) is 11.5 Å². The summed E-state index contributed by atoms with van der Waals surface area (Å²) in [5.41, 5.74) is 1.20. The summed E-state index contributed by atoms with van der Waals surface area (Å²) in [7, 11) is 1.68. The van der Waals surface area contributed by atoms with E-state index in [1.807, 2.05) is 30.9 Å². The Morgan fingerprint density at radius 1 is 1.27 bits per heavy atom. The topological polar surface area (TPSA) is 48.3 Å². The zero-order valence-corrected chi connectivity index (χ0v) is 13.4. The number of imidazole rings is 1. The number of rotatable bonds is 10. The van der Waals surface area contributed by atoms with Crippen LogP contribution >= 0.6 is 0 Å². The number of nitrogens with one attached hydrogen (secondary N) is 1. The fourth-order valence-electron chi connectivity index (χ4n) is 2.19. The molecule has 0 radical (unpaired) electrons. The Hall–Kier alpha value is -2.01. The van der Waals surface area contributed by atoms with Gasteiger partial charge in [-0.2, -0.15) is 0 Å². The van der Waals surface area contributed by atoms with Gasteiger partial charge in [0.1, 0.15) is 0 Å². The van der Waals surface area contributed by atoms with Crippen molar-refractivity contribution in [2.75, 3.05) is 20.3 Å². The number of aryl methyl sites for hydroxylation is 1. The van der Waals surface area contributed by atoms with Gasteiger partial charge in [0.2, 0.25) is 0 Å². The third-order valence-corrected chi connectivity index (χ3v) is 3.35. The van der Waals surface area contributed by atoms with E-state index in [0.29, 0.717) is 6.61 Å². The third-order valence-electron chi connectivity index (χ3n) is 3.35. The Bertz CT molecular complexity index is 541. The monoisotopic (exact) mass is 303 g/mol. The number of ether oxygens (including phenoxy) is 2. The van der Waals surface area contributed by atoms with Crippen molar-refractivity contribution in [1.82, 2.24) is 14.9 Å². The van der Waals surface area contributed by atoms with E-state index in [4.69, 9.17) is 9.47 Å². The van der Waals surface area contributed by atoms with Crippen molar-refractivity contribution in [3.05, 3.63) is 42.5 Å². The minimum Gasteiger partial charge on any atom is -0.493 e. The van der Waals surface area contributed by atoms with Crippen LogP contribution in [0.1, 0.15) is 25.3 Å². The van der Waals surface area contributed by atoms with E-state index in [-0.39, 0.29) is 0 Å². The Balaban J connectivity index is 1.75. The Labute approximate surface area is 132 Å². The van der Waals surface area contributed by atoms with Crippen molar-refractivity contribution >= 4 is 0 Å². The SMILES string of the molecule is CCCOc1ccc(CNCCCn2ccnc2)cc1OC. The predicted octanol–water partition coefficient (Wildman–Crippen LogP) is 2.86. The van der Waals surface area contributed by atoms with Crippen LogP contribution in [-0.2, 0) is 13.1 Å². The van der Waals surface area contributed by atoms with Crippen LogP contribution in [0.5, 0.6) is 11.5 Å². The lowest BCUT2D eigenvalue weighted by Crippen LogP contribution is -2.16. The summed E-state index contributed by atoms with van der Waals surface area (Å²) in [6.45, 7) is 5.58. The molecule has 1 aromatic heterocycles. The summed E-state index contributed by atoms with van der Waals surface area (Å²) in [6, 6.07) is 6.10. The summed E-state index contributed by atoms with van der Waals surface area (Å²) in [4.78, 5) is 4.03. The van der Waals surface area contributed by atoms with Crippen molar-refractivity contribution in [3.8, 4) is 11.5 Å². The Kier molecular flexibility index (Phi) is 6.77. The molecular formula is C17H25N3O2.